The monoisotopic (exact) mass is 329 g/mol. The molecule has 1 heterocycles. The summed E-state index contributed by atoms with van der Waals surface area (Å²) in [7, 11) is 0. The van der Waals surface area contributed by atoms with Crippen molar-refractivity contribution in [3.8, 4) is 0 Å². The molecule has 18 heavy (non-hydrogen) atoms. The molecule has 0 bridgehead atoms. The molecule has 2 nitrogen and oxygen atoms in total. The molecule has 0 spiro atoms. The Balaban J connectivity index is 2.29. The van der Waals surface area contributed by atoms with Crippen molar-refractivity contribution in [1.82, 2.24) is 5.32 Å². The smallest absolute Gasteiger partial charge is 0.114 e. The zero-order chi connectivity index (χ0) is 13.0. The minimum absolute atomic E-state index is 0.0532. The fourth-order valence-electron chi connectivity index (χ4n) is 2.03. The summed E-state index contributed by atoms with van der Waals surface area (Å²) in [4.78, 5) is 0. The van der Waals surface area contributed by atoms with Crippen LogP contribution in [0.15, 0.2) is 34.5 Å². The number of hydrogen-bond acceptors (Lipinski definition) is 2. The first kappa shape index (κ1) is 13.9. The first-order valence-corrected chi connectivity index (χ1v) is 7.40. The molecule has 1 N–H and O–H groups in total. The van der Waals surface area contributed by atoms with Gasteiger partial charge in [0.25, 0.3) is 0 Å². The second-order valence-electron chi connectivity index (χ2n) is 4.30. The van der Waals surface area contributed by atoms with Gasteiger partial charge in [-0.3, -0.25) is 0 Å². The Hall–Kier alpha value is -0.510. The molecule has 0 saturated carbocycles. The Labute approximate surface area is 121 Å². The van der Waals surface area contributed by atoms with E-state index in [-0.39, 0.29) is 6.04 Å². The molecule has 98 valence electrons. The van der Waals surface area contributed by atoms with E-state index in [0.29, 0.717) is 0 Å². The van der Waals surface area contributed by atoms with Gasteiger partial charge in [-0.05, 0) is 42.8 Å². The van der Waals surface area contributed by atoms with Gasteiger partial charge in [-0.1, -0.05) is 34.5 Å². The number of ether oxygens (including phenoxy) is 1. The summed E-state index contributed by atoms with van der Waals surface area (Å²) in [6.45, 7) is 3.86. The molecule has 1 aromatic carbocycles. The van der Waals surface area contributed by atoms with Crippen molar-refractivity contribution in [2.24, 2.45) is 0 Å². The van der Waals surface area contributed by atoms with Crippen LogP contribution in [0.3, 0.4) is 0 Å². The van der Waals surface area contributed by atoms with E-state index in [1.807, 2.05) is 12.1 Å². The maximum atomic E-state index is 6.30. The van der Waals surface area contributed by atoms with Gasteiger partial charge in [-0.15, -0.1) is 0 Å². The van der Waals surface area contributed by atoms with Crippen LogP contribution in [0, 0.1) is 0 Å². The lowest BCUT2D eigenvalue weighted by Crippen LogP contribution is -2.24. The second kappa shape index (κ2) is 6.60. The third-order valence-corrected chi connectivity index (χ3v) is 3.72. The van der Waals surface area contributed by atoms with E-state index < -0.39 is 0 Å². The molecule has 1 unspecified atom stereocenters. The maximum absolute atomic E-state index is 6.30. The van der Waals surface area contributed by atoms with Crippen molar-refractivity contribution in [3.05, 3.63) is 45.1 Å². The van der Waals surface area contributed by atoms with Gasteiger partial charge >= 0.3 is 0 Å². The van der Waals surface area contributed by atoms with Crippen molar-refractivity contribution in [1.29, 1.82) is 0 Å². The van der Waals surface area contributed by atoms with Gasteiger partial charge in [-0.2, -0.15) is 0 Å². The largest absolute Gasteiger partial charge is 0.496 e. The lowest BCUT2D eigenvalue weighted by atomic mass is 10.0. The predicted molar refractivity (Wildman–Crippen MR) is 78.8 cm³/mol. The average molecular weight is 331 g/mol. The third kappa shape index (κ3) is 3.28. The van der Waals surface area contributed by atoms with Crippen molar-refractivity contribution in [2.45, 2.75) is 25.8 Å². The predicted octanol–water partition coefficient (Wildman–Crippen LogP) is 4.45. The quantitative estimate of drug-likeness (QED) is 0.861. The van der Waals surface area contributed by atoms with Gasteiger partial charge < -0.3 is 10.1 Å². The highest BCUT2D eigenvalue weighted by Gasteiger charge is 2.22. The molecule has 0 amide bonds. The lowest BCUT2D eigenvalue weighted by Gasteiger charge is -2.21. The molecule has 0 fully saturated rings. The fourth-order valence-corrected chi connectivity index (χ4v) is 2.63. The van der Waals surface area contributed by atoms with Crippen LogP contribution in [0.2, 0.25) is 5.02 Å². The molecule has 4 heteroatoms. The Kier molecular flexibility index (Phi) is 5.10. The summed E-state index contributed by atoms with van der Waals surface area (Å²) in [6, 6.07) is 5.97. The van der Waals surface area contributed by atoms with Crippen molar-refractivity contribution >= 4 is 27.5 Å². The minimum atomic E-state index is 0.0532. The van der Waals surface area contributed by atoms with Crippen LogP contribution in [0.1, 0.15) is 31.4 Å². The minimum Gasteiger partial charge on any atom is -0.496 e. The second-order valence-corrected chi connectivity index (χ2v) is 5.62. The van der Waals surface area contributed by atoms with E-state index in [9.17, 15) is 0 Å². The van der Waals surface area contributed by atoms with Crippen molar-refractivity contribution in [3.63, 3.8) is 0 Å². The summed E-state index contributed by atoms with van der Waals surface area (Å²) >= 11 is 9.80. The normalized spacial score (nSPS) is 16.3. The van der Waals surface area contributed by atoms with Gasteiger partial charge in [0.2, 0.25) is 0 Å². The third-order valence-electron chi connectivity index (χ3n) is 2.88. The molecular weight excluding hydrogens is 314 g/mol. The van der Waals surface area contributed by atoms with E-state index in [4.69, 9.17) is 16.3 Å². The summed E-state index contributed by atoms with van der Waals surface area (Å²) in [5, 5.41) is 4.26. The topological polar surface area (TPSA) is 21.3 Å². The summed E-state index contributed by atoms with van der Waals surface area (Å²) in [5.74, 6) is 0.989. The van der Waals surface area contributed by atoms with Gasteiger partial charge in [0.05, 0.1) is 12.6 Å². The first-order chi connectivity index (χ1) is 8.72. The highest BCUT2D eigenvalue weighted by atomic mass is 79.9. The Morgan fingerprint density at radius 1 is 1.50 bits per heavy atom. The number of benzene rings is 1. The van der Waals surface area contributed by atoms with Crippen LogP contribution in [0.4, 0.5) is 0 Å². The molecule has 0 saturated heterocycles. The molecule has 1 aliphatic heterocycles. The number of rotatable bonds is 5. The molecule has 0 aromatic heterocycles. The first-order valence-electron chi connectivity index (χ1n) is 6.23. The standard InChI is InChI=1S/C14H17BrClNO/c1-2-7-17-14(13-4-3-8-18-13)11-9-10(15)5-6-12(11)16/h4-6,9,14,17H,2-3,7-8H2,1H3. The van der Waals surface area contributed by atoms with Crippen LogP contribution in [0.5, 0.6) is 0 Å². The molecule has 1 aliphatic rings. The van der Waals surface area contributed by atoms with E-state index in [1.54, 1.807) is 0 Å². The van der Waals surface area contributed by atoms with Gasteiger partial charge in [-0.25, -0.2) is 0 Å². The van der Waals surface area contributed by atoms with Crippen LogP contribution in [-0.4, -0.2) is 13.2 Å². The van der Waals surface area contributed by atoms with Crippen LogP contribution < -0.4 is 5.32 Å². The zero-order valence-corrected chi connectivity index (χ0v) is 12.7. The number of nitrogens with one attached hydrogen (secondary N) is 1. The Morgan fingerprint density at radius 3 is 3.00 bits per heavy atom. The molecule has 2 rings (SSSR count). The Bertz CT molecular complexity index is 447. The zero-order valence-electron chi connectivity index (χ0n) is 10.4. The number of hydrogen-bond donors (Lipinski definition) is 1. The Morgan fingerprint density at radius 2 is 2.33 bits per heavy atom. The number of halogens is 2. The molecule has 0 radical (unpaired) electrons. The van der Waals surface area contributed by atoms with Crippen molar-refractivity contribution in [2.75, 3.05) is 13.2 Å². The summed E-state index contributed by atoms with van der Waals surface area (Å²) < 4.78 is 6.72. The fraction of sp³-hybridized carbons (Fsp3) is 0.429. The molecule has 1 aromatic rings. The van der Waals surface area contributed by atoms with Crippen LogP contribution in [-0.2, 0) is 4.74 Å². The SMILES string of the molecule is CCCNC(C1=CCCO1)c1cc(Br)ccc1Cl. The highest BCUT2D eigenvalue weighted by Crippen LogP contribution is 2.33. The van der Waals surface area contributed by atoms with E-state index in [1.165, 1.54) is 0 Å². The van der Waals surface area contributed by atoms with E-state index in [2.05, 4.69) is 40.3 Å². The van der Waals surface area contributed by atoms with Gasteiger partial charge in [0.15, 0.2) is 0 Å². The molecular formula is C14H17BrClNO. The van der Waals surface area contributed by atoms with E-state index in [0.717, 1.165) is 46.8 Å². The van der Waals surface area contributed by atoms with Crippen LogP contribution in [0.25, 0.3) is 0 Å². The highest BCUT2D eigenvalue weighted by molar-refractivity contribution is 9.10. The van der Waals surface area contributed by atoms with Gasteiger partial charge in [0.1, 0.15) is 5.76 Å². The lowest BCUT2D eigenvalue weighted by molar-refractivity contribution is 0.215. The van der Waals surface area contributed by atoms with Crippen molar-refractivity contribution < 1.29 is 4.74 Å². The summed E-state index contributed by atoms with van der Waals surface area (Å²) in [5.41, 5.74) is 1.06. The summed E-state index contributed by atoms with van der Waals surface area (Å²) in [6.07, 6.45) is 4.20. The van der Waals surface area contributed by atoms with E-state index >= 15 is 0 Å². The molecule has 0 aliphatic carbocycles. The van der Waals surface area contributed by atoms with Crippen LogP contribution >= 0.6 is 27.5 Å². The average Bonchev–Trinajstić information content (AvgIpc) is 2.88. The maximum Gasteiger partial charge on any atom is 0.114 e. The molecule has 1 atom stereocenters. The van der Waals surface area contributed by atoms with Gasteiger partial charge in [0, 0.05) is 15.9 Å².